The second kappa shape index (κ2) is 7.31. The standard InChI is InChI=1S/C15H15ClN2O6/c1-24-13-5-3-9(18(22)23)7-12(13)17-14(19)11-6-8(16)2-4-10(11)15(20)21/h2-3,5,7,10-11H,4,6H2,1H3,(H,17,19)(H,20,21)/p-1/t10-,11+/m0/s1. The maximum atomic E-state index is 12.5. The summed E-state index contributed by atoms with van der Waals surface area (Å²) in [5.41, 5.74) is -0.149. The summed E-state index contributed by atoms with van der Waals surface area (Å²) in [7, 11) is 1.35. The monoisotopic (exact) mass is 353 g/mol. The number of non-ortho nitro benzene ring substituents is 1. The number of hydrogen-bond donors (Lipinski definition) is 1. The van der Waals surface area contributed by atoms with E-state index in [1.54, 1.807) is 6.08 Å². The molecule has 0 fully saturated rings. The first-order valence-electron chi connectivity index (χ1n) is 7.02. The lowest BCUT2D eigenvalue weighted by Gasteiger charge is -2.29. The molecule has 128 valence electrons. The predicted molar refractivity (Wildman–Crippen MR) is 83.4 cm³/mol. The zero-order valence-electron chi connectivity index (χ0n) is 12.7. The number of carbonyl (C=O) groups excluding carboxylic acids is 2. The van der Waals surface area contributed by atoms with Crippen LogP contribution in [0.25, 0.3) is 0 Å². The molecule has 1 aliphatic carbocycles. The minimum atomic E-state index is -1.35. The van der Waals surface area contributed by atoms with E-state index in [0.717, 1.165) is 6.07 Å². The molecule has 2 rings (SSSR count). The number of carboxylic acids is 1. The van der Waals surface area contributed by atoms with Crippen LogP contribution >= 0.6 is 11.6 Å². The van der Waals surface area contributed by atoms with Crippen molar-refractivity contribution in [3.05, 3.63) is 39.4 Å². The van der Waals surface area contributed by atoms with Crippen molar-refractivity contribution < 1.29 is 24.4 Å². The van der Waals surface area contributed by atoms with E-state index in [9.17, 15) is 24.8 Å². The van der Waals surface area contributed by atoms with E-state index in [0.29, 0.717) is 5.03 Å². The van der Waals surface area contributed by atoms with Crippen molar-refractivity contribution in [2.75, 3.05) is 12.4 Å². The number of nitrogens with zero attached hydrogens (tertiary/aromatic N) is 1. The second-order valence-electron chi connectivity index (χ2n) is 5.25. The third kappa shape index (κ3) is 3.83. The summed E-state index contributed by atoms with van der Waals surface area (Å²) in [5.74, 6) is -3.69. The number of allylic oxidation sites excluding steroid dienone is 2. The van der Waals surface area contributed by atoms with Gasteiger partial charge >= 0.3 is 0 Å². The van der Waals surface area contributed by atoms with E-state index >= 15 is 0 Å². The minimum Gasteiger partial charge on any atom is -0.550 e. The lowest BCUT2D eigenvalue weighted by Crippen LogP contribution is -2.42. The molecule has 0 heterocycles. The highest BCUT2D eigenvalue weighted by Crippen LogP contribution is 2.34. The molecule has 0 aromatic heterocycles. The highest BCUT2D eigenvalue weighted by Gasteiger charge is 2.32. The van der Waals surface area contributed by atoms with Gasteiger partial charge in [-0.25, -0.2) is 0 Å². The van der Waals surface area contributed by atoms with Crippen LogP contribution in [-0.4, -0.2) is 23.9 Å². The van der Waals surface area contributed by atoms with Gasteiger partial charge in [-0.1, -0.05) is 17.7 Å². The maximum Gasteiger partial charge on any atom is 0.271 e. The zero-order valence-corrected chi connectivity index (χ0v) is 13.4. The number of ether oxygens (including phenoxy) is 1. The Morgan fingerprint density at radius 1 is 1.38 bits per heavy atom. The number of nitrogens with one attached hydrogen (secondary N) is 1. The van der Waals surface area contributed by atoms with Crippen LogP contribution in [0.1, 0.15) is 12.8 Å². The summed E-state index contributed by atoms with van der Waals surface area (Å²) in [4.78, 5) is 33.9. The first kappa shape index (κ1) is 17.7. The molecule has 0 radical (unpaired) electrons. The molecule has 0 spiro atoms. The average Bonchev–Trinajstić information content (AvgIpc) is 2.54. The van der Waals surface area contributed by atoms with Crippen molar-refractivity contribution in [1.29, 1.82) is 0 Å². The van der Waals surface area contributed by atoms with Gasteiger partial charge in [0.15, 0.2) is 0 Å². The SMILES string of the molecule is COc1ccc([N+](=O)[O-])cc1NC(=O)[C@@H]1CC(Cl)=CC[C@@H]1C(=O)[O-]. The Morgan fingerprint density at radius 2 is 2.08 bits per heavy atom. The van der Waals surface area contributed by atoms with Crippen LogP contribution in [0.3, 0.4) is 0 Å². The molecule has 0 aliphatic heterocycles. The number of rotatable bonds is 5. The van der Waals surface area contributed by atoms with Crippen molar-refractivity contribution in [1.82, 2.24) is 0 Å². The number of amides is 1. The summed E-state index contributed by atoms with van der Waals surface area (Å²) in [5, 5.41) is 25.0. The third-order valence-corrected chi connectivity index (χ3v) is 4.09. The fraction of sp³-hybridized carbons (Fsp3) is 0.333. The molecule has 1 aromatic carbocycles. The fourth-order valence-electron chi connectivity index (χ4n) is 2.52. The largest absolute Gasteiger partial charge is 0.550 e. The average molecular weight is 354 g/mol. The molecule has 8 nitrogen and oxygen atoms in total. The number of carbonyl (C=O) groups is 2. The highest BCUT2D eigenvalue weighted by atomic mass is 35.5. The van der Waals surface area contributed by atoms with Crippen LogP contribution in [0.2, 0.25) is 0 Å². The molecule has 0 bridgehead atoms. The molecule has 0 unspecified atom stereocenters. The smallest absolute Gasteiger partial charge is 0.271 e. The predicted octanol–water partition coefficient (Wildman–Crippen LogP) is 1.44. The molecular weight excluding hydrogens is 340 g/mol. The zero-order chi connectivity index (χ0) is 17.9. The van der Waals surface area contributed by atoms with Gasteiger partial charge in [-0.3, -0.25) is 14.9 Å². The van der Waals surface area contributed by atoms with Gasteiger partial charge in [0.2, 0.25) is 5.91 Å². The Kier molecular flexibility index (Phi) is 5.40. The molecule has 1 N–H and O–H groups in total. The number of halogens is 1. The van der Waals surface area contributed by atoms with Crippen molar-refractivity contribution in [2.24, 2.45) is 11.8 Å². The summed E-state index contributed by atoms with van der Waals surface area (Å²) in [6.07, 6.45) is 1.69. The van der Waals surface area contributed by atoms with Crippen LogP contribution in [0.4, 0.5) is 11.4 Å². The van der Waals surface area contributed by atoms with Crippen molar-refractivity contribution in [3.63, 3.8) is 0 Å². The Balaban J connectivity index is 2.27. The van der Waals surface area contributed by atoms with Gasteiger partial charge in [0.25, 0.3) is 5.69 Å². The lowest BCUT2D eigenvalue weighted by atomic mass is 9.82. The quantitative estimate of drug-likeness (QED) is 0.631. The molecule has 2 atom stereocenters. The van der Waals surface area contributed by atoms with Crippen molar-refractivity contribution in [3.8, 4) is 5.75 Å². The van der Waals surface area contributed by atoms with Crippen molar-refractivity contribution in [2.45, 2.75) is 12.8 Å². The van der Waals surface area contributed by atoms with Crippen LogP contribution < -0.4 is 15.2 Å². The molecule has 0 saturated carbocycles. The summed E-state index contributed by atoms with van der Waals surface area (Å²) in [6.45, 7) is 0. The summed E-state index contributed by atoms with van der Waals surface area (Å²) >= 11 is 5.91. The Hall–Kier alpha value is -2.61. The van der Waals surface area contributed by atoms with E-state index in [-0.39, 0.29) is 30.0 Å². The topological polar surface area (TPSA) is 122 Å². The van der Waals surface area contributed by atoms with Gasteiger partial charge in [-0.2, -0.15) is 0 Å². The van der Waals surface area contributed by atoms with Gasteiger partial charge < -0.3 is 20.0 Å². The van der Waals surface area contributed by atoms with E-state index in [4.69, 9.17) is 16.3 Å². The van der Waals surface area contributed by atoms with Gasteiger partial charge in [-0.15, -0.1) is 0 Å². The first-order valence-corrected chi connectivity index (χ1v) is 7.40. The van der Waals surface area contributed by atoms with Crippen molar-refractivity contribution >= 4 is 34.9 Å². The van der Waals surface area contributed by atoms with E-state index in [2.05, 4.69) is 5.32 Å². The van der Waals surface area contributed by atoms with Gasteiger partial charge in [0.05, 0.1) is 23.6 Å². The second-order valence-corrected chi connectivity index (χ2v) is 5.74. The third-order valence-electron chi connectivity index (χ3n) is 3.79. The van der Waals surface area contributed by atoms with E-state index in [1.807, 2.05) is 0 Å². The summed E-state index contributed by atoms with van der Waals surface area (Å²) < 4.78 is 5.06. The molecule has 0 saturated heterocycles. The number of methoxy groups -OCH3 is 1. The minimum absolute atomic E-state index is 0.0588. The number of hydrogen-bond acceptors (Lipinski definition) is 6. The molecule has 1 amide bonds. The van der Waals surface area contributed by atoms with E-state index in [1.165, 1.54) is 19.2 Å². The lowest BCUT2D eigenvalue weighted by molar-refractivity contribution is -0.384. The van der Waals surface area contributed by atoms with Crippen LogP contribution in [0.15, 0.2) is 29.3 Å². The first-order chi connectivity index (χ1) is 11.3. The number of carboxylic acid groups (broad SMARTS) is 1. The molecule has 24 heavy (non-hydrogen) atoms. The van der Waals surface area contributed by atoms with Gasteiger partial charge in [-0.05, 0) is 18.9 Å². The number of aliphatic carboxylic acids is 1. The number of benzene rings is 1. The molecular formula is C15H14ClN2O6-. The highest BCUT2D eigenvalue weighted by molar-refractivity contribution is 6.29. The molecule has 9 heteroatoms. The molecule has 1 aliphatic rings. The number of anilines is 1. The Bertz CT molecular complexity index is 718. The van der Waals surface area contributed by atoms with E-state index < -0.39 is 28.6 Å². The summed E-state index contributed by atoms with van der Waals surface area (Å²) in [6, 6.07) is 3.72. The van der Waals surface area contributed by atoms with Gasteiger partial charge in [0.1, 0.15) is 5.75 Å². The van der Waals surface area contributed by atoms with Crippen LogP contribution in [0, 0.1) is 22.0 Å². The Morgan fingerprint density at radius 3 is 2.67 bits per heavy atom. The van der Waals surface area contributed by atoms with Crippen LogP contribution in [0.5, 0.6) is 5.75 Å². The number of nitro benzene ring substituents is 1. The normalized spacial score (nSPS) is 20.0. The Labute approximate surface area is 142 Å². The maximum absolute atomic E-state index is 12.5. The molecule has 1 aromatic rings. The number of nitro groups is 1. The van der Waals surface area contributed by atoms with Gasteiger partial charge in [0, 0.05) is 29.1 Å². The van der Waals surface area contributed by atoms with Crippen LogP contribution in [-0.2, 0) is 9.59 Å². The fourth-order valence-corrected chi connectivity index (χ4v) is 2.78.